The van der Waals surface area contributed by atoms with Crippen LogP contribution in [0.2, 0.25) is 0 Å². The Bertz CT molecular complexity index is 234. The van der Waals surface area contributed by atoms with Crippen molar-refractivity contribution in [2.24, 2.45) is 5.92 Å². The van der Waals surface area contributed by atoms with Crippen molar-refractivity contribution in [3.05, 3.63) is 0 Å². The Labute approximate surface area is 80.2 Å². The molecule has 14 heavy (non-hydrogen) atoms. The maximum absolute atomic E-state index is 10.5. The van der Waals surface area contributed by atoms with E-state index >= 15 is 0 Å². The van der Waals surface area contributed by atoms with E-state index in [4.69, 9.17) is 15.3 Å². The fourth-order valence-electron chi connectivity index (χ4n) is 1.02. The smallest absolute Gasteiger partial charge is 0.307 e. The number of aliphatic carboxylic acids is 3. The molecule has 80 valence electrons. The molecule has 3 N–H and O–H groups in total. The highest BCUT2D eigenvalue weighted by atomic mass is 16.4. The topological polar surface area (TPSA) is 112 Å². The second-order valence-corrected chi connectivity index (χ2v) is 2.92. The lowest BCUT2D eigenvalue weighted by Crippen LogP contribution is -2.18. The monoisotopic (exact) mass is 204 g/mol. The molecule has 0 spiro atoms. The first kappa shape index (κ1) is 12.4. The molecule has 1 atom stereocenters. The summed E-state index contributed by atoms with van der Waals surface area (Å²) in [5.41, 5.74) is 0. The van der Waals surface area contributed by atoms with Gasteiger partial charge in [0.1, 0.15) is 0 Å². The van der Waals surface area contributed by atoms with E-state index in [-0.39, 0.29) is 19.3 Å². The van der Waals surface area contributed by atoms with Crippen LogP contribution in [0.15, 0.2) is 0 Å². The molecule has 0 saturated carbocycles. The predicted octanol–water partition coefficient (Wildman–Crippen LogP) is 0.417. The Morgan fingerprint density at radius 2 is 1.57 bits per heavy atom. The van der Waals surface area contributed by atoms with E-state index in [1.54, 1.807) is 0 Å². The molecular formula is C8H12O6. The predicted molar refractivity (Wildman–Crippen MR) is 44.9 cm³/mol. The van der Waals surface area contributed by atoms with Crippen molar-refractivity contribution >= 4 is 17.9 Å². The Kier molecular flexibility index (Phi) is 5.28. The number of carboxylic acids is 3. The van der Waals surface area contributed by atoms with E-state index in [1.807, 2.05) is 0 Å². The summed E-state index contributed by atoms with van der Waals surface area (Å²) < 4.78 is 0. The van der Waals surface area contributed by atoms with Crippen molar-refractivity contribution in [3.63, 3.8) is 0 Å². The van der Waals surface area contributed by atoms with Crippen LogP contribution in [0.1, 0.15) is 25.7 Å². The van der Waals surface area contributed by atoms with Crippen LogP contribution < -0.4 is 0 Å². The van der Waals surface area contributed by atoms with E-state index in [0.29, 0.717) is 0 Å². The average Bonchev–Trinajstić information content (AvgIpc) is 2.00. The molecule has 6 nitrogen and oxygen atoms in total. The lowest BCUT2D eigenvalue weighted by Gasteiger charge is -2.07. The van der Waals surface area contributed by atoms with Crippen molar-refractivity contribution in [3.8, 4) is 0 Å². The molecule has 0 bridgehead atoms. The molecule has 0 aliphatic heterocycles. The van der Waals surface area contributed by atoms with Gasteiger partial charge in [-0.05, 0) is 12.8 Å². The van der Waals surface area contributed by atoms with Gasteiger partial charge in [-0.15, -0.1) is 0 Å². The van der Waals surface area contributed by atoms with Gasteiger partial charge in [0.2, 0.25) is 0 Å². The van der Waals surface area contributed by atoms with E-state index in [1.165, 1.54) is 0 Å². The molecule has 0 aliphatic rings. The molecule has 1 unspecified atom stereocenters. The molecule has 0 aromatic carbocycles. The molecule has 6 heteroatoms. The summed E-state index contributed by atoms with van der Waals surface area (Å²) in [4.78, 5) is 30.8. The molecule has 0 aromatic rings. The number of carboxylic acid groups (broad SMARTS) is 3. The molecule has 0 fully saturated rings. The van der Waals surface area contributed by atoms with Crippen LogP contribution in [0.25, 0.3) is 0 Å². The van der Waals surface area contributed by atoms with Crippen molar-refractivity contribution in [2.45, 2.75) is 25.7 Å². The highest BCUT2D eigenvalue weighted by Crippen LogP contribution is 2.13. The fraction of sp³-hybridized carbons (Fsp3) is 0.625. The van der Waals surface area contributed by atoms with E-state index in [9.17, 15) is 14.4 Å². The minimum Gasteiger partial charge on any atom is -0.481 e. The summed E-state index contributed by atoms with van der Waals surface area (Å²) in [6.45, 7) is 0. The van der Waals surface area contributed by atoms with Crippen molar-refractivity contribution < 1.29 is 29.7 Å². The van der Waals surface area contributed by atoms with Gasteiger partial charge in [-0.3, -0.25) is 14.4 Å². The summed E-state index contributed by atoms with van der Waals surface area (Å²) in [6.07, 6.45) is -0.341. The van der Waals surface area contributed by atoms with Crippen LogP contribution in [-0.4, -0.2) is 33.2 Å². The van der Waals surface area contributed by atoms with Gasteiger partial charge < -0.3 is 15.3 Å². The minimum atomic E-state index is -1.20. The SMILES string of the molecule is O=C(O)CCCC(CC(=O)O)C(=O)O. The lowest BCUT2D eigenvalue weighted by molar-refractivity contribution is -0.148. The Balaban J connectivity index is 3.91. The summed E-state index contributed by atoms with van der Waals surface area (Å²) in [5.74, 6) is -4.39. The molecule has 0 aliphatic carbocycles. The Morgan fingerprint density at radius 1 is 1.00 bits per heavy atom. The van der Waals surface area contributed by atoms with Crippen LogP contribution in [0.3, 0.4) is 0 Å². The van der Waals surface area contributed by atoms with Crippen molar-refractivity contribution in [1.82, 2.24) is 0 Å². The third-order valence-corrected chi connectivity index (χ3v) is 1.71. The van der Waals surface area contributed by atoms with E-state index in [0.717, 1.165) is 0 Å². The lowest BCUT2D eigenvalue weighted by atomic mass is 9.99. The number of hydrogen-bond acceptors (Lipinski definition) is 3. The number of hydrogen-bond donors (Lipinski definition) is 3. The van der Waals surface area contributed by atoms with Crippen molar-refractivity contribution in [2.75, 3.05) is 0 Å². The normalized spacial score (nSPS) is 12.0. The first-order chi connectivity index (χ1) is 6.43. The number of rotatable bonds is 7. The summed E-state index contributed by atoms with van der Waals surface area (Å²) in [5, 5.41) is 25.2. The number of carbonyl (C=O) groups is 3. The molecule has 0 saturated heterocycles. The molecule has 0 heterocycles. The second-order valence-electron chi connectivity index (χ2n) is 2.92. The second kappa shape index (κ2) is 5.95. The Morgan fingerprint density at radius 3 is 1.93 bits per heavy atom. The van der Waals surface area contributed by atoms with E-state index < -0.39 is 30.2 Å². The van der Waals surface area contributed by atoms with Crippen LogP contribution in [-0.2, 0) is 14.4 Å². The van der Waals surface area contributed by atoms with Gasteiger partial charge in [0.05, 0.1) is 12.3 Å². The fourth-order valence-corrected chi connectivity index (χ4v) is 1.02. The van der Waals surface area contributed by atoms with Gasteiger partial charge in [0.25, 0.3) is 0 Å². The highest BCUT2D eigenvalue weighted by molar-refractivity contribution is 5.77. The van der Waals surface area contributed by atoms with Crippen LogP contribution in [0.5, 0.6) is 0 Å². The molecule has 0 radical (unpaired) electrons. The zero-order chi connectivity index (χ0) is 11.1. The zero-order valence-corrected chi connectivity index (χ0v) is 7.47. The molecule has 0 rings (SSSR count). The van der Waals surface area contributed by atoms with Gasteiger partial charge >= 0.3 is 17.9 Å². The van der Waals surface area contributed by atoms with Gasteiger partial charge in [-0.25, -0.2) is 0 Å². The minimum absolute atomic E-state index is 0.0773. The highest BCUT2D eigenvalue weighted by Gasteiger charge is 2.20. The molecule has 0 amide bonds. The summed E-state index contributed by atoms with van der Waals surface area (Å²) in [6, 6.07) is 0. The Hall–Kier alpha value is -1.59. The third kappa shape index (κ3) is 5.99. The summed E-state index contributed by atoms with van der Waals surface area (Å²) >= 11 is 0. The van der Waals surface area contributed by atoms with E-state index in [2.05, 4.69) is 0 Å². The first-order valence-corrected chi connectivity index (χ1v) is 4.10. The van der Waals surface area contributed by atoms with Crippen LogP contribution in [0, 0.1) is 5.92 Å². The molecular weight excluding hydrogens is 192 g/mol. The quantitative estimate of drug-likeness (QED) is 0.554. The molecule has 0 aromatic heterocycles. The van der Waals surface area contributed by atoms with Crippen molar-refractivity contribution in [1.29, 1.82) is 0 Å². The zero-order valence-electron chi connectivity index (χ0n) is 7.47. The average molecular weight is 204 g/mol. The maximum atomic E-state index is 10.5. The van der Waals surface area contributed by atoms with Gasteiger partial charge in [-0.2, -0.15) is 0 Å². The van der Waals surface area contributed by atoms with Crippen LogP contribution >= 0.6 is 0 Å². The first-order valence-electron chi connectivity index (χ1n) is 4.10. The standard InChI is InChI=1S/C8H12O6/c9-6(10)3-1-2-5(8(13)14)4-7(11)12/h5H,1-4H2,(H,9,10)(H,11,12)(H,13,14). The van der Waals surface area contributed by atoms with Gasteiger partial charge in [0, 0.05) is 6.42 Å². The largest absolute Gasteiger partial charge is 0.481 e. The van der Waals surface area contributed by atoms with Gasteiger partial charge in [0.15, 0.2) is 0 Å². The summed E-state index contributed by atoms with van der Waals surface area (Å²) in [7, 11) is 0. The third-order valence-electron chi connectivity index (χ3n) is 1.71. The van der Waals surface area contributed by atoms with Gasteiger partial charge in [-0.1, -0.05) is 0 Å². The van der Waals surface area contributed by atoms with Crippen LogP contribution in [0.4, 0.5) is 0 Å². The maximum Gasteiger partial charge on any atom is 0.307 e.